The van der Waals surface area contributed by atoms with Crippen LogP contribution in [-0.2, 0) is 11.3 Å². The molecule has 1 N–H and O–H groups in total. The Morgan fingerprint density at radius 1 is 1.45 bits per heavy atom. The molecule has 0 aromatic carbocycles. The van der Waals surface area contributed by atoms with Gasteiger partial charge in [0.05, 0.1) is 12.6 Å². The smallest absolute Gasteiger partial charge is 0.193 e. The predicted molar refractivity (Wildman–Crippen MR) is 85.5 cm³/mol. The standard InChI is InChI=1S/C15H25N3OS/c1-4-19-13-7-9-18(10-8-13)15(16-3)17-11-14-6-5-12(2)20-14/h5-6,13H,4,7-11H2,1-3H3,(H,16,17). The topological polar surface area (TPSA) is 36.9 Å². The Hall–Kier alpha value is -1.07. The van der Waals surface area contributed by atoms with E-state index >= 15 is 0 Å². The van der Waals surface area contributed by atoms with Crippen molar-refractivity contribution in [3.63, 3.8) is 0 Å². The molecule has 0 spiro atoms. The van der Waals surface area contributed by atoms with Crippen molar-refractivity contribution in [2.45, 2.75) is 39.3 Å². The van der Waals surface area contributed by atoms with E-state index < -0.39 is 0 Å². The van der Waals surface area contributed by atoms with Gasteiger partial charge in [0.2, 0.25) is 0 Å². The van der Waals surface area contributed by atoms with Gasteiger partial charge in [0, 0.05) is 36.5 Å². The number of piperidine rings is 1. The number of hydrogen-bond acceptors (Lipinski definition) is 3. The fourth-order valence-corrected chi connectivity index (χ4v) is 3.38. The number of likely N-dealkylation sites (tertiary alicyclic amines) is 1. The van der Waals surface area contributed by atoms with Gasteiger partial charge in [-0.1, -0.05) is 0 Å². The predicted octanol–water partition coefficient (Wildman–Crippen LogP) is 2.63. The molecule has 1 saturated heterocycles. The van der Waals surface area contributed by atoms with Crippen LogP contribution in [0.25, 0.3) is 0 Å². The molecule has 1 aliphatic heterocycles. The minimum Gasteiger partial charge on any atom is -0.378 e. The van der Waals surface area contributed by atoms with Gasteiger partial charge in [0.15, 0.2) is 5.96 Å². The normalized spacial score (nSPS) is 17.6. The second kappa shape index (κ2) is 7.64. The average Bonchev–Trinajstić information content (AvgIpc) is 2.87. The summed E-state index contributed by atoms with van der Waals surface area (Å²) < 4.78 is 5.69. The van der Waals surface area contributed by atoms with Gasteiger partial charge in [-0.3, -0.25) is 4.99 Å². The summed E-state index contributed by atoms with van der Waals surface area (Å²) in [7, 11) is 1.86. The van der Waals surface area contributed by atoms with Crippen LogP contribution in [0.3, 0.4) is 0 Å². The van der Waals surface area contributed by atoms with Gasteiger partial charge in [0.25, 0.3) is 0 Å². The molecule has 4 nitrogen and oxygen atoms in total. The average molecular weight is 295 g/mol. The highest BCUT2D eigenvalue weighted by Gasteiger charge is 2.21. The molecule has 0 saturated carbocycles. The summed E-state index contributed by atoms with van der Waals surface area (Å²) in [5.74, 6) is 1.01. The van der Waals surface area contributed by atoms with E-state index in [4.69, 9.17) is 4.74 Å². The second-order valence-electron chi connectivity index (χ2n) is 5.05. The molecule has 0 unspecified atom stereocenters. The number of nitrogens with zero attached hydrogens (tertiary/aromatic N) is 2. The Bertz CT molecular complexity index is 436. The van der Waals surface area contributed by atoms with Crippen molar-refractivity contribution in [2.24, 2.45) is 4.99 Å². The van der Waals surface area contributed by atoms with E-state index in [0.717, 1.165) is 45.0 Å². The van der Waals surface area contributed by atoms with Crippen LogP contribution in [0.1, 0.15) is 29.5 Å². The molecular weight excluding hydrogens is 270 g/mol. The van der Waals surface area contributed by atoms with E-state index in [-0.39, 0.29) is 0 Å². The van der Waals surface area contributed by atoms with Crippen molar-refractivity contribution < 1.29 is 4.74 Å². The fraction of sp³-hybridized carbons (Fsp3) is 0.667. The van der Waals surface area contributed by atoms with Crippen molar-refractivity contribution in [1.82, 2.24) is 10.2 Å². The van der Waals surface area contributed by atoms with Gasteiger partial charge in [-0.05, 0) is 38.8 Å². The SMILES string of the molecule is CCOC1CCN(C(=NC)NCc2ccc(C)s2)CC1. The first-order valence-electron chi connectivity index (χ1n) is 7.35. The molecule has 1 aliphatic rings. The molecule has 20 heavy (non-hydrogen) atoms. The number of rotatable bonds is 4. The number of nitrogens with one attached hydrogen (secondary N) is 1. The quantitative estimate of drug-likeness (QED) is 0.685. The molecule has 2 heterocycles. The van der Waals surface area contributed by atoms with E-state index in [0.29, 0.717) is 6.10 Å². The van der Waals surface area contributed by atoms with Crippen LogP contribution in [0.2, 0.25) is 0 Å². The highest BCUT2D eigenvalue weighted by atomic mass is 32.1. The van der Waals surface area contributed by atoms with Crippen LogP contribution in [0.4, 0.5) is 0 Å². The van der Waals surface area contributed by atoms with E-state index in [1.165, 1.54) is 9.75 Å². The lowest BCUT2D eigenvalue weighted by atomic mass is 10.1. The molecule has 0 atom stereocenters. The third-order valence-electron chi connectivity index (χ3n) is 3.57. The molecule has 0 radical (unpaired) electrons. The summed E-state index contributed by atoms with van der Waals surface area (Å²) in [6, 6.07) is 4.35. The Kier molecular flexibility index (Phi) is 5.86. The fourth-order valence-electron chi connectivity index (χ4n) is 2.55. The van der Waals surface area contributed by atoms with Crippen LogP contribution >= 0.6 is 11.3 Å². The zero-order chi connectivity index (χ0) is 14.4. The molecule has 0 aliphatic carbocycles. The zero-order valence-corrected chi connectivity index (χ0v) is 13.5. The van der Waals surface area contributed by atoms with E-state index in [1.807, 2.05) is 18.4 Å². The van der Waals surface area contributed by atoms with Crippen LogP contribution in [-0.4, -0.2) is 43.7 Å². The molecule has 1 aromatic rings. The van der Waals surface area contributed by atoms with Gasteiger partial charge in [0.1, 0.15) is 0 Å². The largest absolute Gasteiger partial charge is 0.378 e. The molecule has 112 valence electrons. The lowest BCUT2D eigenvalue weighted by Crippen LogP contribution is -2.46. The molecule has 0 bridgehead atoms. The second-order valence-corrected chi connectivity index (χ2v) is 6.43. The number of aryl methyl sites for hydroxylation is 1. The number of thiophene rings is 1. The van der Waals surface area contributed by atoms with Crippen molar-refractivity contribution in [1.29, 1.82) is 0 Å². The van der Waals surface area contributed by atoms with E-state index in [9.17, 15) is 0 Å². The van der Waals surface area contributed by atoms with Crippen LogP contribution < -0.4 is 5.32 Å². The third-order valence-corrected chi connectivity index (χ3v) is 4.57. The van der Waals surface area contributed by atoms with E-state index in [1.54, 1.807) is 0 Å². The Morgan fingerprint density at radius 2 is 2.20 bits per heavy atom. The maximum Gasteiger partial charge on any atom is 0.193 e. The lowest BCUT2D eigenvalue weighted by Gasteiger charge is -2.34. The first-order chi connectivity index (χ1) is 9.72. The molecular formula is C15H25N3OS. The molecule has 2 rings (SSSR count). The van der Waals surface area contributed by atoms with Crippen LogP contribution in [0, 0.1) is 6.92 Å². The van der Waals surface area contributed by atoms with Gasteiger partial charge >= 0.3 is 0 Å². The minimum absolute atomic E-state index is 0.425. The van der Waals surface area contributed by atoms with Crippen molar-refractivity contribution in [3.05, 3.63) is 21.9 Å². The summed E-state index contributed by atoms with van der Waals surface area (Å²) in [4.78, 5) is 9.44. The summed E-state index contributed by atoms with van der Waals surface area (Å²) in [5.41, 5.74) is 0. The van der Waals surface area contributed by atoms with E-state index in [2.05, 4.69) is 41.2 Å². The third kappa shape index (κ3) is 4.21. The van der Waals surface area contributed by atoms with Crippen molar-refractivity contribution >= 4 is 17.3 Å². The summed E-state index contributed by atoms with van der Waals surface area (Å²) >= 11 is 1.84. The molecule has 1 fully saturated rings. The maximum absolute atomic E-state index is 5.69. The maximum atomic E-state index is 5.69. The van der Waals surface area contributed by atoms with Crippen molar-refractivity contribution in [2.75, 3.05) is 26.7 Å². The monoisotopic (exact) mass is 295 g/mol. The number of guanidine groups is 1. The molecule has 0 amide bonds. The number of hydrogen-bond donors (Lipinski definition) is 1. The molecule has 5 heteroatoms. The minimum atomic E-state index is 0.425. The summed E-state index contributed by atoms with van der Waals surface area (Å²) in [6.45, 7) is 7.92. The lowest BCUT2D eigenvalue weighted by molar-refractivity contribution is 0.0263. The molecule has 1 aromatic heterocycles. The number of aliphatic imine (C=N–C) groups is 1. The summed E-state index contributed by atoms with van der Waals surface area (Å²) in [5, 5.41) is 3.46. The van der Waals surface area contributed by atoms with Gasteiger partial charge < -0.3 is 15.0 Å². The first-order valence-corrected chi connectivity index (χ1v) is 8.17. The van der Waals surface area contributed by atoms with Crippen LogP contribution in [0.15, 0.2) is 17.1 Å². The zero-order valence-electron chi connectivity index (χ0n) is 12.7. The van der Waals surface area contributed by atoms with Crippen molar-refractivity contribution in [3.8, 4) is 0 Å². The highest BCUT2D eigenvalue weighted by molar-refractivity contribution is 7.11. The Balaban J connectivity index is 1.81. The highest BCUT2D eigenvalue weighted by Crippen LogP contribution is 2.16. The van der Waals surface area contributed by atoms with Crippen LogP contribution in [0.5, 0.6) is 0 Å². The first kappa shape index (κ1) is 15.3. The number of ether oxygens (including phenoxy) is 1. The Morgan fingerprint density at radius 3 is 2.75 bits per heavy atom. The summed E-state index contributed by atoms with van der Waals surface area (Å²) in [6.07, 6.45) is 2.61. The Labute approximate surface area is 125 Å². The van der Waals surface area contributed by atoms with Gasteiger partial charge in [-0.25, -0.2) is 0 Å². The van der Waals surface area contributed by atoms with Gasteiger partial charge in [-0.2, -0.15) is 0 Å². The van der Waals surface area contributed by atoms with Gasteiger partial charge in [-0.15, -0.1) is 11.3 Å².